The number of benzene rings is 2. The van der Waals surface area contributed by atoms with Gasteiger partial charge in [0.15, 0.2) is 5.75 Å². The normalized spacial score (nSPS) is 10.3. The van der Waals surface area contributed by atoms with Gasteiger partial charge in [-0.3, -0.25) is 14.9 Å². The smallest absolute Gasteiger partial charge is 0.319 e. The minimum Gasteiger partial charge on any atom is -0.493 e. The molecule has 0 heterocycles. The summed E-state index contributed by atoms with van der Waals surface area (Å²) in [6.07, 6.45) is 0.786. The summed E-state index contributed by atoms with van der Waals surface area (Å²) in [7, 11) is 0. The number of urea groups is 1. The molecule has 0 unspecified atom stereocenters. The number of nitro groups is 1. The predicted octanol–water partition coefficient (Wildman–Crippen LogP) is 4.25. The average molecular weight is 489 g/mol. The molecule has 0 fully saturated rings. The molecule has 190 valence electrons. The summed E-state index contributed by atoms with van der Waals surface area (Å²) in [4.78, 5) is 35.9. The van der Waals surface area contributed by atoms with E-state index in [2.05, 4.69) is 16.0 Å². The number of carbonyl (C=O) groups is 2. The molecule has 0 radical (unpaired) electrons. The maximum atomic E-state index is 12.6. The molecule has 0 spiro atoms. The molecule has 0 aliphatic carbocycles. The summed E-state index contributed by atoms with van der Waals surface area (Å²) in [6.45, 7) is 8.72. The molecule has 35 heavy (non-hydrogen) atoms. The van der Waals surface area contributed by atoms with Crippen molar-refractivity contribution in [2.24, 2.45) is 0 Å². The molecule has 3 amide bonds. The van der Waals surface area contributed by atoms with E-state index in [-0.39, 0.29) is 36.2 Å². The fourth-order valence-corrected chi connectivity index (χ4v) is 3.16. The highest BCUT2D eigenvalue weighted by Crippen LogP contribution is 2.35. The zero-order valence-corrected chi connectivity index (χ0v) is 20.4. The van der Waals surface area contributed by atoms with Crippen LogP contribution in [0.15, 0.2) is 30.3 Å². The van der Waals surface area contributed by atoms with Crippen molar-refractivity contribution in [2.45, 2.75) is 40.7 Å². The van der Waals surface area contributed by atoms with Gasteiger partial charge in [-0.1, -0.05) is 6.92 Å². The number of nitro benzene ring substituents is 1. The molecule has 0 saturated heterocycles. The number of nitrogens with one attached hydrogen (secondary N) is 3. The van der Waals surface area contributed by atoms with Crippen LogP contribution >= 0.6 is 0 Å². The van der Waals surface area contributed by atoms with Gasteiger partial charge in [-0.05, 0) is 51.5 Å². The lowest BCUT2D eigenvalue weighted by molar-refractivity contribution is -0.385. The van der Waals surface area contributed by atoms with E-state index in [1.54, 1.807) is 32.0 Å². The van der Waals surface area contributed by atoms with Crippen molar-refractivity contribution in [3.63, 3.8) is 0 Å². The summed E-state index contributed by atoms with van der Waals surface area (Å²) < 4.78 is 16.6. The highest BCUT2D eigenvalue weighted by molar-refractivity contribution is 5.99. The molecular weight excluding hydrogens is 456 g/mol. The van der Waals surface area contributed by atoms with Crippen LogP contribution in [-0.2, 0) is 6.54 Å². The van der Waals surface area contributed by atoms with E-state index in [1.807, 2.05) is 13.8 Å². The summed E-state index contributed by atoms with van der Waals surface area (Å²) in [5.74, 6) is 0.490. The Balaban J connectivity index is 2.19. The van der Waals surface area contributed by atoms with Crippen LogP contribution in [0.1, 0.15) is 50.0 Å². The van der Waals surface area contributed by atoms with Crippen LogP contribution in [-0.4, -0.2) is 43.2 Å². The SMILES string of the molecule is CCCOc1ccc(NC(=O)NCc2cc(OCC)c([N+](=O)[O-])cc2OCC)cc1C(=O)NCC. The lowest BCUT2D eigenvalue weighted by Crippen LogP contribution is -2.29. The summed E-state index contributed by atoms with van der Waals surface area (Å²) in [6, 6.07) is 7.05. The lowest BCUT2D eigenvalue weighted by atomic mass is 10.1. The van der Waals surface area contributed by atoms with Crippen LogP contribution < -0.4 is 30.2 Å². The van der Waals surface area contributed by atoms with Crippen molar-refractivity contribution in [1.82, 2.24) is 10.6 Å². The van der Waals surface area contributed by atoms with Gasteiger partial charge < -0.3 is 30.2 Å². The predicted molar refractivity (Wildman–Crippen MR) is 132 cm³/mol. The van der Waals surface area contributed by atoms with Gasteiger partial charge in [0, 0.05) is 24.3 Å². The van der Waals surface area contributed by atoms with Crippen molar-refractivity contribution in [1.29, 1.82) is 0 Å². The number of nitrogens with zero attached hydrogens (tertiary/aromatic N) is 1. The Kier molecular flexibility index (Phi) is 10.6. The first kappa shape index (κ1) is 27.2. The van der Waals surface area contributed by atoms with Gasteiger partial charge in [0.25, 0.3) is 5.91 Å². The molecule has 0 aromatic heterocycles. The number of carbonyl (C=O) groups excluding carboxylic acids is 2. The second kappa shape index (κ2) is 13.6. The standard InChI is InChI=1S/C24H32N4O7/c1-5-11-35-20-10-9-17(13-18(20)23(29)25-6-2)27-24(30)26-15-16-12-22(34-8-4)19(28(31)32)14-21(16)33-7-3/h9-10,12-14H,5-8,11,15H2,1-4H3,(H,25,29)(H2,26,27,30). The molecule has 0 atom stereocenters. The molecule has 11 nitrogen and oxygen atoms in total. The molecule has 2 aromatic rings. The molecular formula is C24H32N4O7. The van der Waals surface area contributed by atoms with Crippen molar-refractivity contribution in [3.05, 3.63) is 51.6 Å². The number of rotatable bonds is 13. The quantitative estimate of drug-likeness (QED) is 0.283. The van der Waals surface area contributed by atoms with E-state index in [0.29, 0.717) is 42.3 Å². The van der Waals surface area contributed by atoms with E-state index in [9.17, 15) is 19.7 Å². The van der Waals surface area contributed by atoms with Gasteiger partial charge in [0.05, 0.1) is 36.4 Å². The number of ether oxygens (including phenoxy) is 3. The highest BCUT2D eigenvalue weighted by atomic mass is 16.6. The Morgan fingerprint density at radius 1 is 0.914 bits per heavy atom. The zero-order valence-electron chi connectivity index (χ0n) is 20.4. The van der Waals surface area contributed by atoms with Gasteiger partial charge >= 0.3 is 11.7 Å². The average Bonchev–Trinajstić information content (AvgIpc) is 2.83. The summed E-state index contributed by atoms with van der Waals surface area (Å²) in [5, 5.41) is 19.5. The molecule has 0 bridgehead atoms. The third kappa shape index (κ3) is 7.76. The third-order valence-corrected chi connectivity index (χ3v) is 4.66. The van der Waals surface area contributed by atoms with Crippen LogP contribution in [0.3, 0.4) is 0 Å². The zero-order chi connectivity index (χ0) is 25.8. The number of hydrogen-bond acceptors (Lipinski definition) is 7. The second-order valence-corrected chi connectivity index (χ2v) is 7.28. The fourth-order valence-electron chi connectivity index (χ4n) is 3.16. The van der Waals surface area contributed by atoms with E-state index in [1.165, 1.54) is 12.1 Å². The first-order valence-electron chi connectivity index (χ1n) is 11.5. The van der Waals surface area contributed by atoms with Crippen molar-refractivity contribution >= 4 is 23.3 Å². The maximum absolute atomic E-state index is 12.6. The minimum absolute atomic E-state index is 0.0279. The molecule has 2 rings (SSSR count). The topological polar surface area (TPSA) is 141 Å². The van der Waals surface area contributed by atoms with E-state index >= 15 is 0 Å². The van der Waals surface area contributed by atoms with E-state index in [4.69, 9.17) is 14.2 Å². The number of anilines is 1. The highest BCUT2D eigenvalue weighted by Gasteiger charge is 2.21. The monoisotopic (exact) mass is 488 g/mol. The Hall–Kier alpha value is -4.02. The first-order chi connectivity index (χ1) is 16.8. The van der Waals surface area contributed by atoms with Crippen LogP contribution in [0, 0.1) is 10.1 Å². The van der Waals surface area contributed by atoms with Gasteiger partial charge in [0.1, 0.15) is 11.5 Å². The summed E-state index contributed by atoms with van der Waals surface area (Å²) in [5.41, 5.74) is 1.01. The molecule has 0 aliphatic rings. The fraction of sp³-hybridized carbons (Fsp3) is 0.417. The molecule has 11 heteroatoms. The number of hydrogen-bond donors (Lipinski definition) is 3. The Labute approximate surface area is 204 Å². The summed E-state index contributed by atoms with van der Waals surface area (Å²) >= 11 is 0. The second-order valence-electron chi connectivity index (χ2n) is 7.28. The van der Waals surface area contributed by atoms with Crippen molar-refractivity contribution in [2.75, 3.05) is 31.7 Å². The van der Waals surface area contributed by atoms with Gasteiger partial charge in [-0.2, -0.15) is 0 Å². The largest absolute Gasteiger partial charge is 0.493 e. The third-order valence-electron chi connectivity index (χ3n) is 4.66. The van der Waals surface area contributed by atoms with E-state index < -0.39 is 11.0 Å². The van der Waals surface area contributed by atoms with Crippen LogP contribution in [0.4, 0.5) is 16.2 Å². The van der Waals surface area contributed by atoms with Crippen molar-refractivity contribution in [3.8, 4) is 17.2 Å². The van der Waals surface area contributed by atoms with Crippen LogP contribution in [0.25, 0.3) is 0 Å². The molecule has 3 N–H and O–H groups in total. The van der Waals surface area contributed by atoms with Gasteiger partial charge in [-0.15, -0.1) is 0 Å². The number of amides is 3. The molecule has 2 aromatic carbocycles. The van der Waals surface area contributed by atoms with Crippen LogP contribution in [0.2, 0.25) is 0 Å². The Bertz CT molecular complexity index is 1040. The van der Waals surface area contributed by atoms with Gasteiger partial charge in [0.2, 0.25) is 0 Å². The van der Waals surface area contributed by atoms with Crippen molar-refractivity contribution < 1.29 is 28.7 Å². The Morgan fingerprint density at radius 3 is 2.26 bits per heavy atom. The minimum atomic E-state index is -0.544. The van der Waals surface area contributed by atoms with E-state index in [0.717, 1.165) is 6.42 Å². The van der Waals surface area contributed by atoms with Gasteiger partial charge in [-0.25, -0.2) is 4.79 Å². The first-order valence-corrected chi connectivity index (χ1v) is 11.5. The molecule has 0 aliphatic heterocycles. The van der Waals surface area contributed by atoms with Crippen LogP contribution in [0.5, 0.6) is 17.2 Å². The molecule has 0 saturated carbocycles. The lowest BCUT2D eigenvalue weighted by Gasteiger charge is -2.15. The Morgan fingerprint density at radius 2 is 1.63 bits per heavy atom. The maximum Gasteiger partial charge on any atom is 0.319 e.